The maximum atomic E-state index is 13.5. The maximum Gasteiger partial charge on any atom is 0.243 e. The topological polar surface area (TPSA) is 49.4 Å². The Bertz CT molecular complexity index is 989. The van der Waals surface area contributed by atoms with E-state index >= 15 is 0 Å². The van der Waals surface area contributed by atoms with Crippen LogP contribution in [0.1, 0.15) is 78.0 Å². The number of carbonyl (C=O) groups is 2. The van der Waals surface area contributed by atoms with Gasteiger partial charge in [-0.2, -0.15) is 0 Å². The third-order valence-electron chi connectivity index (χ3n) is 5.69. The molecule has 2 amide bonds. The van der Waals surface area contributed by atoms with Gasteiger partial charge in [-0.05, 0) is 67.9 Å². The molecular formula is C28H38Cl2N2O2. The van der Waals surface area contributed by atoms with Crippen LogP contribution in [-0.4, -0.2) is 28.3 Å². The summed E-state index contributed by atoms with van der Waals surface area (Å²) in [4.78, 5) is 28.2. The van der Waals surface area contributed by atoms with Gasteiger partial charge in [0.2, 0.25) is 11.8 Å². The van der Waals surface area contributed by atoms with Gasteiger partial charge in [0, 0.05) is 28.5 Å². The highest BCUT2D eigenvalue weighted by atomic mass is 35.5. The van der Waals surface area contributed by atoms with Crippen LogP contribution in [-0.2, 0) is 28.0 Å². The van der Waals surface area contributed by atoms with Crippen molar-refractivity contribution < 1.29 is 9.59 Å². The summed E-state index contributed by atoms with van der Waals surface area (Å²) >= 11 is 12.5. The number of halogens is 2. The Hall–Kier alpha value is -2.04. The zero-order valence-electron chi connectivity index (χ0n) is 21.5. The minimum absolute atomic E-state index is 0.0811. The lowest BCUT2D eigenvalue weighted by molar-refractivity contribution is -0.142. The lowest BCUT2D eigenvalue weighted by atomic mass is 9.86. The van der Waals surface area contributed by atoms with Crippen LogP contribution in [0.15, 0.2) is 42.5 Å². The molecule has 2 aromatic carbocycles. The molecule has 0 saturated carbocycles. The number of carbonyl (C=O) groups excluding carboxylic acids is 2. The lowest BCUT2D eigenvalue weighted by Crippen LogP contribution is -2.53. The number of hydrogen-bond acceptors (Lipinski definition) is 2. The van der Waals surface area contributed by atoms with E-state index in [9.17, 15) is 9.59 Å². The van der Waals surface area contributed by atoms with Crippen molar-refractivity contribution in [2.24, 2.45) is 0 Å². The number of rotatable bonds is 8. The minimum atomic E-state index is -0.596. The van der Waals surface area contributed by atoms with Crippen molar-refractivity contribution in [1.82, 2.24) is 10.2 Å². The van der Waals surface area contributed by atoms with Gasteiger partial charge >= 0.3 is 0 Å². The molecule has 1 N–H and O–H groups in total. The first kappa shape index (κ1) is 28.2. The summed E-state index contributed by atoms with van der Waals surface area (Å²) in [6, 6.07) is 13.0. The van der Waals surface area contributed by atoms with Crippen LogP contribution in [0.3, 0.4) is 0 Å². The Morgan fingerprint density at radius 1 is 0.971 bits per heavy atom. The molecule has 2 rings (SSSR count). The molecule has 0 spiro atoms. The summed E-state index contributed by atoms with van der Waals surface area (Å²) in [6.45, 7) is 14.5. The first-order valence-corrected chi connectivity index (χ1v) is 12.6. The Balaban J connectivity index is 2.26. The van der Waals surface area contributed by atoms with Gasteiger partial charge in [-0.15, -0.1) is 0 Å². The molecule has 4 nitrogen and oxygen atoms in total. The van der Waals surface area contributed by atoms with Crippen LogP contribution >= 0.6 is 23.2 Å². The molecule has 0 aliphatic heterocycles. The molecule has 0 bridgehead atoms. The van der Waals surface area contributed by atoms with Crippen LogP contribution < -0.4 is 5.32 Å². The predicted octanol–water partition coefficient (Wildman–Crippen LogP) is 6.95. The number of nitrogens with one attached hydrogen (secondary N) is 1. The highest BCUT2D eigenvalue weighted by Gasteiger charge is 2.30. The maximum absolute atomic E-state index is 13.5. The molecule has 186 valence electrons. The largest absolute Gasteiger partial charge is 0.350 e. The molecule has 6 heteroatoms. The van der Waals surface area contributed by atoms with E-state index in [2.05, 4.69) is 50.4 Å². The fourth-order valence-corrected chi connectivity index (χ4v) is 4.24. The van der Waals surface area contributed by atoms with E-state index < -0.39 is 11.6 Å². The normalized spacial score (nSPS) is 12.9. The molecule has 0 fully saturated rings. The molecule has 2 aromatic rings. The SMILES string of the molecule is CCC(C(=O)NC(C)(C)C)N(Cc1ccc(Cl)cc1Cl)C(=O)CCc1ccc(C(C)(C)C)cc1. The number of hydrogen-bond donors (Lipinski definition) is 1. The molecule has 34 heavy (non-hydrogen) atoms. The second-order valence-corrected chi connectivity index (χ2v) is 11.7. The molecule has 1 unspecified atom stereocenters. The number of benzene rings is 2. The van der Waals surface area contributed by atoms with Crippen LogP contribution in [0.4, 0.5) is 0 Å². The van der Waals surface area contributed by atoms with Crippen molar-refractivity contribution in [2.75, 3.05) is 0 Å². The third kappa shape index (κ3) is 8.32. The van der Waals surface area contributed by atoms with Gasteiger partial charge in [0.05, 0.1) is 0 Å². The predicted molar refractivity (Wildman–Crippen MR) is 142 cm³/mol. The summed E-state index contributed by atoms with van der Waals surface area (Å²) in [5.74, 6) is -0.246. The Morgan fingerprint density at radius 3 is 2.09 bits per heavy atom. The van der Waals surface area contributed by atoms with Gasteiger partial charge in [-0.3, -0.25) is 9.59 Å². The van der Waals surface area contributed by atoms with Gasteiger partial charge in [0.25, 0.3) is 0 Å². The monoisotopic (exact) mass is 504 g/mol. The quantitative estimate of drug-likeness (QED) is 0.422. The van der Waals surface area contributed by atoms with Crippen LogP contribution in [0.25, 0.3) is 0 Å². The summed E-state index contributed by atoms with van der Waals surface area (Å²) < 4.78 is 0. The first-order chi connectivity index (χ1) is 15.7. The summed E-state index contributed by atoms with van der Waals surface area (Å²) in [5.41, 5.74) is 2.80. The lowest BCUT2D eigenvalue weighted by Gasteiger charge is -2.33. The van der Waals surface area contributed by atoms with E-state index in [1.54, 1.807) is 17.0 Å². The van der Waals surface area contributed by atoms with Crippen molar-refractivity contribution >= 4 is 35.0 Å². The Kier molecular flexibility index (Phi) is 9.62. The van der Waals surface area contributed by atoms with Crippen molar-refractivity contribution in [3.8, 4) is 0 Å². The van der Waals surface area contributed by atoms with E-state index in [0.29, 0.717) is 29.3 Å². The smallest absolute Gasteiger partial charge is 0.243 e. The van der Waals surface area contributed by atoms with Gasteiger partial charge in [0.1, 0.15) is 6.04 Å². The highest BCUT2D eigenvalue weighted by Crippen LogP contribution is 2.25. The molecule has 0 aliphatic carbocycles. The van der Waals surface area contributed by atoms with Gasteiger partial charge in [0.15, 0.2) is 0 Å². The molecule has 0 radical (unpaired) electrons. The number of aryl methyl sites for hydroxylation is 1. The van der Waals surface area contributed by atoms with Crippen LogP contribution in [0.5, 0.6) is 0 Å². The van der Waals surface area contributed by atoms with Crippen molar-refractivity contribution in [3.05, 3.63) is 69.2 Å². The summed E-state index contributed by atoms with van der Waals surface area (Å²) in [5, 5.41) is 4.03. The second kappa shape index (κ2) is 11.6. The van der Waals surface area contributed by atoms with Gasteiger partial charge in [-0.25, -0.2) is 0 Å². The van der Waals surface area contributed by atoms with Crippen LogP contribution in [0.2, 0.25) is 10.0 Å². The van der Waals surface area contributed by atoms with E-state index in [-0.39, 0.29) is 23.8 Å². The fourth-order valence-electron chi connectivity index (χ4n) is 3.77. The molecule has 1 atom stereocenters. The zero-order valence-corrected chi connectivity index (χ0v) is 23.0. The number of nitrogens with zero attached hydrogens (tertiary/aromatic N) is 1. The van der Waals surface area contributed by atoms with Gasteiger partial charge < -0.3 is 10.2 Å². The second-order valence-electron chi connectivity index (χ2n) is 10.9. The third-order valence-corrected chi connectivity index (χ3v) is 6.27. The number of amides is 2. The molecule has 0 heterocycles. The molecule has 0 aliphatic rings. The average Bonchev–Trinajstić information content (AvgIpc) is 2.71. The van der Waals surface area contributed by atoms with Crippen molar-refractivity contribution in [1.29, 1.82) is 0 Å². The minimum Gasteiger partial charge on any atom is -0.350 e. The average molecular weight is 506 g/mol. The first-order valence-electron chi connectivity index (χ1n) is 11.9. The standard InChI is InChI=1S/C28H38Cl2N2O2/c1-8-24(26(34)31-28(5,6)7)32(18-20-12-15-22(29)17-23(20)30)25(33)16-11-19-9-13-21(14-10-19)27(2,3)4/h9-10,12-15,17,24H,8,11,16,18H2,1-7H3,(H,31,34). The zero-order chi connectivity index (χ0) is 25.7. The highest BCUT2D eigenvalue weighted by molar-refractivity contribution is 6.35. The van der Waals surface area contributed by atoms with Crippen molar-refractivity contribution in [2.45, 2.75) is 91.3 Å². The van der Waals surface area contributed by atoms with E-state index in [1.165, 1.54) is 5.56 Å². The Morgan fingerprint density at radius 2 is 1.59 bits per heavy atom. The van der Waals surface area contributed by atoms with Crippen LogP contribution in [0, 0.1) is 0 Å². The molecular weight excluding hydrogens is 467 g/mol. The van der Waals surface area contributed by atoms with E-state index in [4.69, 9.17) is 23.2 Å². The molecule has 0 aromatic heterocycles. The van der Waals surface area contributed by atoms with E-state index in [1.807, 2.05) is 33.8 Å². The fraction of sp³-hybridized carbons (Fsp3) is 0.500. The van der Waals surface area contributed by atoms with Gasteiger partial charge in [-0.1, -0.05) is 81.2 Å². The molecule has 0 saturated heterocycles. The summed E-state index contributed by atoms with van der Waals surface area (Å²) in [7, 11) is 0. The van der Waals surface area contributed by atoms with Crippen molar-refractivity contribution in [3.63, 3.8) is 0 Å². The summed E-state index contributed by atoms with van der Waals surface area (Å²) in [6.07, 6.45) is 1.41. The Labute approximate surface area is 215 Å². The van der Waals surface area contributed by atoms with E-state index in [0.717, 1.165) is 11.1 Å².